The third-order valence-corrected chi connectivity index (χ3v) is 6.24. The number of carbonyl (C=O) groups is 2. The molecule has 28 heavy (non-hydrogen) atoms. The predicted octanol–water partition coefficient (Wildman–Crippen LogP) is 4.63. The van der Waals surface area contributed by atoms with Gasteiger partial charge in [0.2, 0.25) is 11.8 Å². The van der Waals surface area contributed by atoms with Gasteiger partial charge in [0.15, 0.2) is 5.16 Å². The highest BCUT2D eigenvalue weighted by Gasteiger charge is 2.40. The van der Waals surface area contributed by atoms with E-state index in [1.807, 2.05) is 39.0 Å². The number of imide groups is 1. The van der Waals surface area contributed by atoms with Crippen molar-refractivity contribution < 1.29 is 9.59 Å². The van der Waals surface area contributed by atoms with Crippen LogP contribution in [0.25, 0.3) is 10.9 Å². The van der Waals surface area contributed by atoms with Gasteiger partial charge >= 0.3 is 0 Å². The molecule has 4 rings (SSSR count). The summed E-state index contributed by atoms with van der Waals surface area (Å²) in [6.07, 6.45) is 0.114. The molecular formula is C21H18ClN3O2S. The number of nitrogens with zero attached hydrogens (tertiary/aromatic N) is 3. The first kappa shape index (κ1) is 18.9. The highest BCUT2D eigenvalue weighted by molar-refractivity contribution is 8.00. The van der Waals surface area contributed by atoms with Crippen molar-refractivity contribution in [1.29, 1.82) is 0 Å². The number of benzene rings is 2. The molecule has 0 aliphatic carbocycles. The molecule has 1 aliphatic heterocycles. The number of hydrogen-bond acceptors (Lipinski definition) is 5. The molecule has 2 aromatic carbocycles. The van der Waals surface area contributed by atoms with Crippen LogP contribution < -0.4 is 4.90 Å². The normalized spacial score (nSPS) is 17.0. The van der Waals surface area contributed by atoms with E-state index in [4.69, 9.17) is 11.6 Å². The number of fused-ring (bicyclic) bond motifs is 1. The zero-order valence-electron chi connectivity index (χ0n) is 15.7. The van der Waals surface area contributed by atoms with Crippen LogP contribution >= 0.6 is 23.4 Å². The first-order chi connectivity index (χ1) is 13.3. The molecule has 0 bridgehead atoms. The van der Waals surface area contributed by atoms with E-state index in [1.54, 1.807) is 18.2 Å². The summed E-state index contributed by atoms with van der Waals surface area (Å²) < 4.78 is 0. The van der Waals surface area contributed by atoms with Crippen LogP contribution in [0.15, 0.2) is 41.6 Å². The van der Waals surface area contributed by atoms with Gasteiger partial charge in [-0.1, -0.05) is 41.6 Å². The van der Waals surface area contributed by atoms with Gasteiger partial charge in [-0.15, -0.1) is 0 Å². The van der Waals surface area contributed by atoms with Crippen LogP contribution in [0.5, 0.6) is 0 Å². The minimum absolute atomic E-state index is 0.114. The summed E-state index contributed by atoms with van der Waals surface area (Å²) >= 11 is 7.40. The topological polar surface area (TPSA) is 63.2 Å². The second-order valence-electron chi connectivity index (χ2n) is 6.92. The molecule has 1 aromatic heterocycles. The molecule has 7 heteroatoms. The van der Waals surface area contributed by atoms with Crippen LogP contribution in [0.3, 0.4) is 0 Å². The summed E-state index contributed by atoms with van der Waals surface area (Å²) in [7, 11) is 0. The van der Waals surface area contributed by atoms with E-state index >= 15 is 0 Å². The number of aryl methyl sites for hydroxylation is 3. The fourth-order valence-electron chi connectivity index (χ4n) is 3.24. The molecule has 1 fully saturated rings. The standard InChI is InChI=1S/C21H18ClN3O2S/c1-11-4-7-15-13(3)23-21(24-17(15)8-11)28-18-10-19(26)25(20(18)27)14-6-5-12(2)16(22)9-14/h4-9,18H,10H2,1-3H3/t18-/m1/s1. The summed E-state index contributed by atoms with van der Waals surface area (Å²) in [5.41, 5.74) is 4.20. The second kappa shape index (κ2) is 7.18. The Bertz CT molecular complexity index is 1130. The minimum Gasteiger partial charge on any atom is -0.274 e. The van der Waals surface area contributed by atoms with E-state index in [0.29, 0.717) is 15.9 Å². The lowest BCUT2D eigenvalue weighted by atomic mass is 10.1. The molecule has 2 amide bonds. The van der Waals surface area contributed by atoms with Crippen LogP contribution in [0.4, 0.5) is 5.69 Å². The van der Waals surface area contributed by atoms with Crippen LogP contribution in [0, 0.1) is 20.8 Å². The largest absolute Gasteiger partial charge is 0.274 e. The average molecular weight is 412 g/mol. The fourth-order valence-corrected chi connectivity index (χ4v) is 4.44. The van der Waals surface area contributed by atoms with Crippen molar-refractivity contribution in [3.8, 4) is 0 Å². The lowest BCUT2D eigenvalue weighted by molar-refractivity contribution is -0.121. The Balaban J connectivity index is 1.62. The Kier molecular flexibility index (Phi) is 4.85. The number of halogens is 1. The number of hydrogen-bond donors (Lipinski definition) is 0. The monoisotopic (exact) mass is 411 g/mol. The van der Waals surface area contributed by atoms with Crippen LogP contribution in [0.1, 0.15) is 23.2 Å². The first-order valence-electron chi connectivity index (χ1n) is 8.88. The van der Waals surface area contributed by atoms with E-state index in [2.05, 4.69) is 9.97 Å². The number of rotatable bonds is 3. The van der Waals surface area contributed by atoms with Crippen molar-refractivity contribution in [3.05, 3.63) is 58.2 Å². The van der Waals surface area contributed by atoms with E-state index in [-0.39, 0.29) is 18.2 Å². The number of aromatic nitrogens is 2. The maximum Gasteiger partial charge on any atom is 0.247 e. The third kappa shape index (κ3) is 3.38. The zero-order chi connectivity index (χ0) is 20.0. The Morgan fingerprint density at radius 1 is 1.07 bits per heavy atom. The van der Waals surface area contributed by atoms with Crippen molar-refractivity contribution in [2.75, 3.05) is 4.90 Å². The molecule has 2 heterocycles. The molecule has 1 atom stereocenters. The molecule has 1 saturated heterocycles. The number of anilines is 1. The van der Waals surface area contributed by atoms with Gasteiger partial charge < -0.3 is 0 Å². The van der Waals surface area contributed by atoms with Crippen LogP contribution in [0.2, 0.25) is 5.02 Å². The lowest BCUT2D eigenvalue weighted by Gasteiger charge is -2.15. The number of amides is 2. The molecule has 0 N–H and O–H groups in total. The van der Waals surface area contributed by atoms with Gasteiger partial charge in [-0.3, -0.25) is 9.59 Å². The lowest BCUT2D eigenvalue weighted by Crippen LogP contribution is -2.31. The summed E-state index contributed by atoms with van der Waals surface area (Å²) in [6.45, 7) is 5.80. The average Bonchev–Trinajstić information content (AvgIpc) is 2.90. The van der Waals surface area contributed by atoms with Gasteiger partial charge in [-0.05, 0) is 50.1 Å². The number of carbonyl (C=O) groups excluding carboxylic acids is 2. The van der Waals surface area contributed by atoms with Crippen molar-refractivity contribution in [2.24, 2.45) is 0 Å². The summed E-state index contributed by atoms with van der Waals surface area (Å²) in [4.78, 5) is 35.7. The first-order valence-corrected chi connectivity index (χ1v) is 10.1. The van der Waals surface area contributed by atoms with Gasteiger partial charge in [0, 0.05) is 22.5 Å². The molecule has 0 radical (unpaired) electrons. The van der Waals surface area contributed by atoms with Crippen molar-refractivity contribution >= 4 is 51.8 Å². The Morgan fingerprint density at radius 2 is 1.86 bits per heavy atom. The van der Waals surface area contributed by atoms with E-state index in [0.717, 1.165) is 27.7 Å². The van der Waals surface area contributed by atoms with E-state index < -0.39 is 5.25 Å². The summed E-state index contributed by atoms with van der Waals surface area (Å²) in [5, 5.41) is 1.47. The molecule has 5 nitrogen and oxygen atoms in total. The Morgan fingerprint density at radius 3 is 2.61 bits per heavy atom. The fraction of sp³-hybridized carbons (Fsp3) is 0.238. The van der Waals surface area contributed by atoms with Crippen LogP contribution in [-0.2, 0) is 9.59 Å². The van der Waals surface area contributed by atoms with Crippen LogP contribution in [-0.4, -0.2) is 27.0 Å². The van der Waals surface area contributed by atoms with E-state index in [9.17, 15) is 9.59 Å². The van der Waals surface area contributed by atoms with Gasteiger partial charge in [-0.2, -0.15) is 0 Å². The minimum atomic E-state index is -0.547. The Hall–Kier alpha value is -2.44. The Labute approximate surface area is 172 Å². The highest BCUT2D eigenvalue weighted by Crippen LogP contribution is 2.34. The molecule has 0 unspecified atom stereocenters. The van der Waals surface area contributed by atoms with Crippen molar-refractivity contribution in [2.45, 2.75) is 37.6 Å². The molecular weight excluding hydrogens is 394 g/mol. The maximum absolute atomic E-state index is 12.9. The van der Waals surface area contributed by atoms with Gasteiger partial charge in [0.05, 0.1) is 11.2 Å². The van der Waals surface area contributed by atoms with Gasteiger partial charge in [-0.25, -0.2) is 14.9 Å². The quantitative estimate of drug-likeness (QED) is 0.464. The zero-order valence-corrected chi connectivity index (χ0v) is 17.3. The second-order valence-corrected chi connectivity index (χ2v) is 8.50. The maximum atomic E-state index is 12.9. The highest BCUT2D eigenvalue weighted by atomic mass is 35.5. The van der Waals surface area contributed by atoms with Crippen molar-refractivity contribution in [1.82, 2.24) is 9.97 Å². The molecule has 1 aliphatic rings. The number of thioether (sulfide) groups is 1. The SMILES string of the molecule is Cc1ccc2c(C)nc(S[C@@H]3CC(=O)N(c4ccc(C)c(Cl)c4)C3=O)nc2c1. The molecule has 142 valence electrons. The smallest absolute Gasteiger partial charge is 0.247 e. The molecule has 3 aromatic rings. The third-order valence-electron chi connectivity index (χ3n) is 4.79. The molecule has 0 spiro atoms. The predicted molar refractivity (Wildman–Crippen MR) is 112 cm³/mol. The molecule has 0 saturated carbocycles. The van der Waals surface area contributed by atoms with E-state index in [1.165, 1.54) is 16.7 Å². The summed E-state index contributed by atoms with van der Waals surface area (Å²) in [6, 6.07) is 11.2. The van der Waals surface area contributed by atoms with Gasteiger partial charge in [0.1, 0.15) is 5.25 Å². The van der Waals surface area contributed by atoms with Crippen molar-refractivity contribution in [3.63, 3.8) is 0 Å². The van der Waals surface area contributed by atoms with Gasteiger partial charge in [0.25, 0.3) is 0 Å². The summed E-state index contributed by atoms with van der Waals surface area (Å²) in [5.74, 6) is -0.503.